The van der Waals surface area contributed by atoms with E-state index in [9.17, 15) is 18.0 Å². The Kier molecular flexibility index (Phi) is 10.1. The van der Waals surface area contributed by atoms with Gasteiger partial charge in [0, 0.05) is 12.6 Å². The minimum Gasteiger partial charge on any atom is -0.492 e. The van der Waals surface area contributed by atoms with E-state index < -0.39 is 28.5 Å². The Hall–Kier alpha value is -3.07. The van der Waals surface area contributed by atoms with Crippen LogP contribution in [0, 0.1) is 6.92 Å². The Morgan fingerprint density at radius 1 is 1.03 bits per heavy atom. The van der Waals surface area contributed by atoms with E-state index in [0.717, 1.165) is 21.7 Å². The van der Waals surface area contributed by atoms with Gasteiger partial charge in [0.2, 0.25) is 21.8 Å². The molecule has 0 heterocycles. The molecule has 192 valence electrons. The zero-order chi connectivity index (χ0) is 26.2. The second-order valence-electron chi connectivity index (χ2n) is 8.71. The van der Waals surface area contributed by atoms with Gasteiger partial charge in [-0.05, 0) is 57.4 Å². The first-order chi connectivity index (χ1) is 16.5. The lowest BCUT2D eigenvalue weighted by molar-refractivity contribution is -0.140. The molecule has 0 aliphatic heterocycles. The SMILES string of the molecule is CCOc1ccccc1N(CC(=O)N(Cc1ccccc1C)[C@H](CC)C(=O)NC(C)C)S(C)(=O)=O. The first kappa shape index (κ1) is 28.2. The van der Waals surface area contributed by atoms with Crippen molar-refractivity contribution in [3.05, 3.63) is 59.7 Å². The third-order valence-electron chi connectivity index (χ3n) is 5.53. The first-order valence-electron chi connectivity index (χ1n) is 11.8. The Morgan fingerprint density at radius 2 is 1.66 bits per heavy atom. The van der Waals surface area contributed by atoms with E-state index in [4.69, 9.17) is 4.74 Å². The second kappa shape index (κ2) is 12.6. The predicted molar refractivity (Wildman–Crippen MR) is 139 cm³/mol. The molecule has 0 saturated carbocycles. The van der Waals surface area contributed by atoms with Gasteiger partial charge in [0.25, 0.3) is 0 Å². The third kappa shape index (κ3) is 7.71. The predicted octanol–water partition coefficient (Wildman–Crippen LogP) is 3.49. The van der Waals surface area contributed by atoms with Gasteiger partial charge >= 0.3 is 0 Å². The number of rotatable bonds is 12. The molecule has 2 aromatic rings. The Morgan fingerprint density at radius 3 is 2.23 bits per heavy atom. The fraction of sp³-hybridized carbons (Fsp3) is 0.462. The number of ether oxygens (including phenoxy) is 1. The maximum Gasteiger partial charge on any atom is 0.244 e. The van der Waals surface area contributed by atoms with Crippen LogP contribution < -0.4 is 14.4 Å². The van der Waals surface area contributed by atoms with E-state index in [-0.39, 0.29) is 24.2 Å². The van der Waals surface area contributed by atoms with E-state index in [1.54, 1.807) is 31.2 Å². The number of sulfonamides is 1. The molecule has 1 atom stereocenters. The molecule has 2 amide bonds. The van der Waals surface area contributed by atoms with Gasteiger partial charge in [-0.15, -0.1) is 0 Å². The summed E-state index contributed by atoms with van der Waals surface area (Å²) in [4.78, 5) is 28.3. The number of amides is 2. The molecular weight excluding hydrogens is 466 g/mol. The monoisotopic (exact) mass is 503 g/mol. The molecule has 35 heavy (non-hydrogen) atoms. The van der Waals surface area contributed by atoms with Crippen molar-refractivity contribution in [3.63, 3.8) is 0 Å². The van der Waals surface area contributed by atoms with Crippen molar-refractivity contribution in [2.45, 2.75) is 59.7 Å². The molecule has 8 nitrogen and oxygen atoms in total. The fourth-order valence-electron chi connectivity index (χ4n) is 3.81. The maximum atomic E-state index is 13.7. The topological polar surface area (TPSA) is 96.0 Å². The average Bonchev–Trinajstić information content (AvgIpc) is 2.78. The number of carbonyl (C=O) groups excluding carboxylic acids is 2. The molecule has 2 rings (SSSR count). The van der Waals surface area contributed by atoms with Crippen molar-refractivity contribution in [2.24, 2.45) is 0 Å². The van der Waals surface area contributed by atoms with Crippen molar-refractivity contribution in [2.75, 3.05) is 23.7 Å². The fourth-order valence-corrected chi connectivity index (χ4v) is 4.66. The lowest BCUT2D eigenvalue weighted by Crippen LogP contribution is -2.53. The molecule has 0 saturated heterocycles. The highest BCUT2D eigenvalue weighted by molar-refractivity contribution is 7.92. The van der Waals surface area contributed by atoms with Crippen LogP contribution >= 0.6 is 0 Å². The minimum atomic E-state index is -3.83. The van der Waals surface area contributed by atoms with Crippen LogP contribution in [0.5, 0.6) is 5.75 Å². The molecule has 0 fully saturated rings. The highest BCUT2D eigenvalue weighted by Crippen LogP contribution is 2.30. The molecule has 0 unspecified atom stereocenters. The summed E-state index contributed by atoms with van der Waals surface area (Å²) in [5.41, 5.74) is 2.14. The summed E-state index contributed by atoms with van der Waals surface area (Å²) in [7, 11) is -3.83. The average molecular weight is 504 g/mol. The van der Waals surface area contributed by atoms with Crippen LogP contribution in [-0.4, -0.2) is 56.6 Å². The number of hydrogen-bond donors (Lipinski definition) is 1. The number of anilines is 1. The van der Waals surface area contributed by atoms with Gasteiger partial charge in [0.15, 0.2) is 0 Å². The van der Waals surface area contributed by atoms with Crippen molar-refractivity contribution < 1.29 is 22.7 Å². The molecule has 0 aliphatic rings. The normalized spacial score (nSPS) is 12.2. The van der Waals surface area contributed by atoms with Gasteiger partial charge in [0.1, 0.15) is 18.3 Å². The van der Waals surface area contributed by atoms with Crippen LogP contribution in [0.15, 0.2) is 48.5 Å². The Labute approximate surface area is 209 Å². The molecule has 0 aliphatic carbocycles. The number of aryl methyl sites for hydroxylation is 1. The van der Waals surface area contributed by atoms with Crippen molar-refractivity contribution in [1.82, 2.24) is 10.2 Å². The van der Waals surface area contributed by atoms with Crippen molar-refractivity contribution >= 4 is 27.5 Å². The summed E-state index contributed by atoms with van der Waals surface area (Å²) in [5, 5.41) is 2.89. The first-order valence-corrected chi connectivity index (χ1v) is 13.7. The molecule has 9 heteroatoms. The summed E-state index contributed by atoms with van der Waals surface area (Å²) < 4.78 is 32.3. The highest BCUT2D eigenvalue weighted by atomic mass is 32.2. The van der Waals surface area contributed by atoms with Crippen LogP contribution in [0.4, 0.5) is 5.69 Å². The van der Waals surface area contributed by atoms with Crippen LogP contribution in [0.3, 0.4) is 0 Å². The Balaban J connectivity index is 2.50. The van der Waals surface area contributed by atoms with Gasteiger partial charge in [-0.1, -0.05) is 43.3 Å². The van der Waals surface area contributed by atoms with E-state index in [1.165, 1.54) is 4.90 Å². The van der Waals surface area contributed by atoms with Crippen molar-refractivity contribution in [3.8, 4) is 5.75 Å². The van der Waals surface area contributed by atoms with Gasteiger partial charge in [-0.25, -0.2) is 8.42 Å². The zero-order valence-corrected chi connectivity index (χ0v) is 22.3. The molecule has 0 bridgehead atoms. The quantitative estimate of drug-likeness (QED) is 0.478. The molecule has 0 radical (unpaired) electrons. The second-order valence-corrected chi connectivity index (χ2v) is 10.6. The Bertz CT molecular complexity index is 1120. The van der Waals surface area contributed by atoms with Gasteiger partial charge in [0.05, 0.1) is 18.6 Å². The van der Waals surface area contributed by atoms with Crippen LogP contribution in [0.1, 0.15) is 45.2 Å². The lowest BCUT2D eigenvalue weighted by atomic mass is 10.1. The number of nitrogens with zero attached hydrogens (tertiary/aromatic N) is 2. The summed E-state index contributed by atoms with van der Waals surface area (Å²) in [6.45, 7) is 9.35. The van der Waals surface area contributed by atoms with E-state index in [2.05, 4.69) is 5.32 Å². The van der Waals surface area contributed by atoms with Gasteiger partial charge in [-0.2, -0.15) is 0 Å². The van der Waals surface area contributed by atoms with Crippen LogP contribution in [0.2, 0.25) is 0 Å². The number of carbonyl (C=O) groups is 2. The third-order valence-corrected chi connectivity index (χ3v) is 6.66. The molecular formula is C26H37N3O5S. The highest BCUT2D eigenvalue weighted by Gasteiger charge is 2.32. The van der Waals surface area contributed by atoms with Crippen LogP contribution in [0.25, 0.3) is 0 Å². The summed E-state index contributed by atoms with van der Waals surface area (Å²) in [5.74, 6) is -0.385. The maximum absolute atomic E-state index is 13.7. The largest absolute Gasteiger partial charge is 0.492 e. The van der Waals surface area contributed by atoms with Gasteiger partial charge < -0.3 is 15.0 Å². The standard InChI is InChI=1S/C26H37N3O5S/c1-7-22(26(31)27-19(3)4)28(17-21-14-10-9-13-20(21)5)25(30)18-29(35(6,32)33)23-15-11-12-16-24(23)34-8-2/h9-16,19,22H,7-8,17-18H2,1-6H3,(H,27,31)/t22-/m1/s1. The molecule has 0 aromatic heterocycles. The molecule has 0 spiro atoms. The van der Waals surface area contributed by atoms with Gasteiger partial charge in [-0.3, -0.25) is 13.9 Å². The summed E-state index contributed by atoms with van der Waals surface area (Å²) >= 11 is 0. The number of benzene rings is 2. The minimum absolute atomic E-state index is 0.0995. The van der Waals surface area contributed by atoms with E-state index in [1.807, 2.05) is 52.0 Å². The molecule has 1 N–H and O–H groups in total. The summed E-state index contributed by atoms with van der Waals surface area (Å²) in [6.07, 6.45) is 1.43. The van der Waals surface area contributed by atoms with Crippen LogP contribution in [-0.2, 0) is 26.2 Å². The van der Waals surface area contributed by atoms with Crippen molar-refractivity contribution in [1.29, 1.82) is 0 Å². The van der Waals surface area contributed by atoms with E-state index in [0.29, 0.717) is 18.8 Å². The number of nitrogens with one attached hydrogen (secondary N) is 1. The van der Waals surface area contributed by atoms with E-state index >= 15 is 0 Å². The lowest BCUT2D eigenvalue weighted by Gasteiger charge is -2.33. The number of para-hydroxylation sites is 2. The summed E-state index contributed by atoms with van der Waals surface area (Å²) in [6, 6.07) is 13.5. The smallest absolute Gasteiger partial charge is 0.244 e. The number of hydrogen-bond acceptors (Lipinski definition) is 5. The molecule has 2 aromatic carbocycles. The zero-order valence-electron chi connectivity index (χ0n) is 21.4.